The normalized spacial score (nSPS) is 20.1. The summed E-state index contributed by atoms with van der Waals surface area (Å²) in [5.74, 6) is 1.36. The highest BCUT2D eigenvalue weighted by atomic mass is 16.2. The number of rotatable bonds is 3. The highest BCUT2D eigenvalue weighted by molar-refractivity contribution is 6.06. The van der Waals surface area contributed by atoms with Crippen molar-refractivity contribution < 1.29 is 4.79 Å². The minimum atomic E-state index is -0.0420. The average molecular weight is 350 g/mol. The number of nitrogens with zero attached hydrogens (tertiary/aromatic N) is 3. The largest absolute Gasteiger partial charge is 0.367 e. The van der Waals surface area contributed by atoms with Gasteiger partial charge in [0.2, 0.25) is 0 Å². The van der Waals surface area contributed by atoms with E-state index in [1.807, 2.05) is 36.1 Å². The van der Waals surface area contributed by atoms with Gasteiger partial charge in [-0.05, 0) is 44.7 Å². The number of para-hydroxylation sites is 1. The number of nitrogens with one attached hydrogen (secondary N) is 1. The Bertz CT molecular complexity index is 813. The predicted molar refractivity (Wildman–Crippen MR) is 104 cm³/mol. The lowest BCUT2D eigenvalue weighted by atomic mass is 9.95. The number of amides is 1. The van der Waals surface area contributed by atoms with Crippen molar-refractivity contribution >= 4 is 17.4 Å². The molecule has 1 saturated carbocycles. The zero-order valence-electron chi connectivity index (χ0n) is 15.5. The first-order chi connectivity index (χ1) is 12.6. The average Bonchev–Trinajstić information content (AvgIpc) is 2.97. The van der Waals surface area contributed by atoms with Gasteiger partial charge in [-0.3, -0.25) is 4.79 Å². The van der Waals surface area contributed by atoms with Crippen molar-refractivity contribution in [1.82, 2.24) is 9.97 Å². The van der Waals surface area contributed by atoms with E-state index >= 15 is 0 Å². The third-order valence-corrected chi connectivity index (χ3v) is 5.44. The molecule has 2 heterocycles. The highest BCUT2D eigenvalue weighted by Gasteiger charge is 2.32. The van der Waals surface area contributed by atoms with Crippen LogP contribution in [0, 0.1) is 6.92 Å². The molecular formula is C21H26N4O. The van der Waals surface area contributed by atoms with Crippen molar-refractivity contribution in [2.75, 3.05) is 10.2 Å². The Balaban J connectivity index is 1.60. The van der Waals surface area contributed by atoms with Gasteiger partial charge < -0.3 is 10.2 Å². The topological polar surface area (TPSA) is 58.1 Å². The first kappa shape index (κ1) is 17.0. The van der Waals surface area contributed by atoms with Crippen LogP contribution in [0.5, 0.6) is 0 Å². The SMILES string of the molecule is Cc1nc(NC2CCCCC2)cc(C(=O)N2c3ccccc3CC2C)n1. The Morgan fingerprint density at radius 1 is 1.15 bits per heavy atom. The molecule has 1 aliphatic carbocycles. The zero-order valence-corrected chi connectivity index (χ0v) is 15.5. The molecule has 2 aliphatic rings. The number of fused-ring (bicyclic) bond motifs is 1. The minimum Gasteiger partial charge on any atom is -0.367 e. The summed E-state index contributed by atoms with van der Waals surface area (Å²) in [7, 11) is 0. The Labute approximate surface area is 154 Å². The second-order valence-electron chi connectivity index (χ2n) is 7.52. The van der Waals surface area contributed by atoms with Crippen LogP contribution in [0.4, 0.5) is 11.5 Å². The molecule has 136 valence electrons. The third-order valence-electron chi connectivity index (χ3n) is 5.44. The zero-order chi connectivity index (χ0) is 18.1. The van der Waals surface area contributed by atoms with Gasteiger partial charge in [-0.15, -0.1) is 0 Å². The summed E-state index contributed by atoms with van der Waals surface area (Å²) in [5.41, 5.74) is 2.70. The first-order valence-corrected chi connectivity index (χ1v) is 9.65. The lowest BCUT2D eigenvalue weighted by Gasteiger charge is -2.25. The molecule has 0 spiro atoms. The van der Waals surface area contributed by atoms with E-state index in [1.54, 1.807) is 0 Å². The maximum absolute atomic E-state index is 13.2. The first-order valence-electron chi connectivity index (χ1n) is 9.65. The van der Waals surface area contributed by atoms with E-state index in [4.69, 9.17) is 0 Å². The van der Waals surface area contributed by atoms with Crippen LogP contribution in [0.1, 0.15) is 60.9 Å². The molecule has 2 aromatic rings. The van der Waals surface area contributed by atoms with Crippen molar-refractivity contribution in [3.8, 4) is 0 Å². The molecule has 1 aromatic heterocycles. The summed E-state index contributed by atoms with van der Waals surface area (Å²) < 4.78 is 0. The van der Waals surface area contributed by atoms with Gasteiger partial charge in [-0.25, -0.2) is 9.97 Å². The predicted octanol–water partition coefficient (Wildman–Crippen LogP) is 4.12. The Morgan fingerprint density at radius 2 is 1.92 bits per heavy atom. The van der Waals surface area contributed by atoms with Crippen LogP contribution in [0.25, 0.3) is 0 Å². The lowest BCUT2D eigenvalue weighted by Crippen LogP contribution is -2.36. The molecule has 26 heavy (non-hydrogen) atoms. The van der Waals surface area contributed by atoms with Crippen molar-refractivity contribution in [3.63, 3.8) is 0 Å². The molecule has 4 rings (SSSR count). The van der Waals surface area contributed by atoms with Crippen molar-refractivity contribution in [3.05, 3.63) is 47.4 Å². The summed E-state index contributed by atoms with van der Waals surface area (Å²) in [4.78, 5) is 24.0. The lowest BCUT2D eigenvalue weighted by molar-refractivity contribution is 0.0976. The van der Waals surface area contributed by atoms with Gasteiger partial charge in [0.15, 0.2) is 0 Å². The molecule has 1 amide bonds. The molecule has 0 bridgehead atoms. The number of aryl methyl sites for hydroxylation is 1. The summed E-state index contributed by atoms with van der Waals surface area (Å²) in [6.07, 6.45) is 7.06. The fraction of sp³-hybridized carbons (Fsp3) is 0.476. The van der Waals surface area contributed by atoms with E-state index in [-0.39, 0.29) is 11.9 Å². The number of carbonyl (C=O) groups is 1. The number of aromatic nitrogens is 2. The van der Waals surface area contributed by atoms with Gasteiger partial charge >= 0.3 is 0 Å². The molecule has 1 aromatic carbocycles. The van der Waals surface area contributed by atoms with E-state index < -0.39 is 0 Å². The second-order valence-corrected chi connectivity index (χ2v) is 7.52. The van der Waals surface area contributed by atoms with E-state index in [9.17, 15) is 4.79 Å². The van der Waals surface area contributed by atoms with Gasteiger partial charge in [-0.1, -0.05) is 37.5 Å². The monoisotopic (exact) mass is 350 g/mol. The maximum Gasteiger partial charge on any atom is 0.277 e. The number of hydrogen-bond donors (Lipinski definition) is 1. The van der Waals surface area contributed by atoms with Crippen LogP contribution in [-0.4, -0.2) is 28.0 Å². The van der Waals surface area contributed by atoms with Crippen LogP contribution in [0.15, 0.2) is 30.3 Å². The smallest absolute Gasteiger partial charge is 0.277 e. The van der Waals surface area contributed by atoms with Crippen LogP contribution in [-0.2, 0) is 6.42 Å². The molecule has 1 aliphatic heterocycles. The van der Waals surface area contributed by atoms with Gasteiger partial charge in [0.1, 0.15) is 17.3 Å². The molecule has 1 unspecified atom stereocenters. The third kappa shape index (κ3) is 3.30. The maximum atomic E-state index is 13.2. The van der Waals surface area contributed by atoms with Gasteiger partial charge in [0.05, 0.1) is 0 Å². The van der Waals surface area contributed by atoms with Gasteiger partial charge in [0.25, 0.3) is 5.91 Å². The quantitative estimate of drug-likeness (QED) is 0.904. The van der Waals surface area contributed by atoms with Crippen LogP contribution >= 0.6 is 0 Å². The Hall–Kier alpha value is -2.43. The van der Waals surface area contributed by atoms with E-state index in [0.717, 1.165) is 17.9 Å². The summed E-state index contributed by atoms with van der Waals surface area (Å²) in [5, 5.41) is 3.52. The number of hydrogen-bond acceptors (Lipinski definition) is 4. The van der Waals surface area contributed by atoms with E-state index in [1.165, 1.54) is 37.7 Å². The molecule has 5 heteroatoms. The van der Waals surface area contributed by atoms with Crippen LogP contribution in [0.3, 0.4) is 0 Å². The van der Waals surface area contributed by atoms with Crippen molar-refractivity contribution in [2.45, 2.75) is 64.5 Å². The highest BCUT2D eigenvalue weighted by Crippen LogP contribution is 2.33. The fourth-order valence-corrected chi connectivity index (χ4v) is 4.21. The summed E-state index contributed by atoms with van der Waals surface area (Å²) >= 11 is 0. The van der Waals surface area contributed by atoms with Gasteiger partial charge in [-0.2, -0.15) is 0 Å². The van der Waals surface area contributed by atoms with Crippen molar-refractivity contribution in [2.24, 2.45) is 0 Å². The number of benzene rings is 1. The van der Waals surface area contributed by atoms with E-state index in [0.29, 0.717) is 17.6 Å². The van der Waals surface area contributed by atoms with Crippen LogP contribution < -0.4 is 10.2 Å². The molecule has 1 atom stereocenters. The Morgan fingerprint density at radius 3 is 2.73 bits per heavy atom. The molecule has 0 radical (unpaired) electrons. The molecule has 0 saturated heterocycles. The molecule has 1 N–H and O–H groups in total. The van der Waals surface area contributed by atoms with Gasteiger partial charge in [0, 0.05) is 23.8 Å². The second kappa shape index (κ2) is 7.06. The molecule has 5 nitrogen and oxygen atoms in total. The summed E-state index contributed by atoms with van der Waals surface area (Å²) in [6.45, 7) is 3.94. The number of anilines is 2. The van der Waals surface area contributed by atoms with E-state index in [2.05, 4.69) is 28.3 Å². The minimum absolute atomic E-state index is 0.0420. The van der Waals surface area contributed by atoms with Crippen LogP contribution in [0.2, 0.25) is 0 Å². The van der Waals surface area contributed by atoms with Crippen molar-refractivity contribution in [1.29, 1.82) is 0 Å². The fourth-order valence-electron chi connectivity index (χ4n) is 4.21. The molecule has 1 fully saturated rings. The molecular weight excluding hydrogens is 324 g/mol. The summed E-state index contributed by atoms with van der Waals surface area (Å²) in [6, 6.07) is 10.5. The Kier molecular flexibility index (Phi) is 4.62. The number of carbonyl (C=O) groups excluding carboxylic acids is 1. The standard InChI is InChI=1S/C21H26N4O/c1-14-12-16-8-6-7-11-19(16)25(14)21(26)18-13-20(23-15(2)22-18)24-17-9-4-3-5-10-17/h6-8,11,13-14,17H,3-5,9-10,12H2,1-2H3,(H,22,23,24).